The van der Waals surface area contributed by atoms with Crippen molar-refractivity contribution in [1.29, 1.82) is 0 Å². The van der Waals surface area contributed by atoms with Gasteiger partial charge in [-0.15, -0.1) is 0 Å². The van der Waals surface area contributed by atoms with E-state index in [1.54, 1.807) is 7.11 Å². The van der Waals surface area contributed by atoms with Crippen molar-refractivity contribution in [1.82, 2.24) is 10.6 Å². The van der Waals surface area contributed by atoms with Crippen molar-refractivity contribution in [3.8, 4) is 5.75 Å². The van der Waals surface area contributed by atoms with Crippen molar-refractivity contribution >= 4 is 5.96 Å². The van der Waals surface area contributed by atoms with Gasteiger partial charge in [0, 0.05) is 19.6 Å². The minimum atomic E-state index is 0.916. The van der Waals surface area contributed by atoms with E-state index in [1.807, 2.05) is 12.1 Å². The third-order valence-corrected chi connectivity index (χ3v) is 3.24. The first-order valence-corrected chi connectivity index (χ1v) is 7.03. The van der Waals surface area contributed by atoms with Gasteiger partial charge in [-0.2, -0.15) is 0 Å². The Morgan fingerprint density at radius 3 is 2.89 bits per heavy atom. The van der Waals surface area contributed by atoms with Gasteiger partial charge in [0.25, 0.3) is 0 Å². The van der Waals surface area contributed by atoms with E-state index in [1.165, 1.54) is 18.4 Å². The van der Waals surface area contributed by atoms with Gasteiger partial charge in [-0.3, -0.25) is 4.99 Å². The van der Waals surface area contributed by atoms with E-state index in [9.17, 15) is 0 Å². The highest BCUT2D eigenvalue weighted by molar-refractivity contribution is 5.79. The molecule has 1 aromatic rings. The minimum absolute atomic E-state index is 0.916. The third kappa shape index (κ3) is 4.81. The van der Waals surface area contributed by atoms with Gasteiger partial charge in [-0.05, 0) is 43.4 Å². The molecule has 1 aliphatic rings. The van der Waals surface area contributed by atoms with Gasteiger partial charge in [-0.25, -0.2) is 0 Å². The summed E-state index contributed by atoms with van der Waals surface area (Å²) in [4.78, 5) is 4.47. The average Bonchev–Trinajstić information content (AvgIpc) is 2.73. The molecule has 0 radical (unpaired) electrons. The molecule has 2 N–H and O–H groups in total. The minimum Gasteiger partial charge on any atom is -0.497 e. The lowest BCUT2D eigenvalue weighted by atomic mass is 10.1. The monoisotopic (exact) mass is 261 g/mol. The van der Waals surface area contributed by atoms with Crippen molar-refractivity contribution in [2.45, 2.75) is 25.7 Å². The molecule has 4 nitrogen and oxygen atoms in total. The van der Waals surface area contributed by atoms with E-state index in [0.29, 0.717) is 0 Å². The SMILES string of the molecule is COc1ccc(CCCNC2=NCCCCN2)cc1. The molecule has 0 bridgehead atoms. The molecule has 2 rings (SSSR count). The number of aliphatic imine (C=N–C) groups is 1. The smallest absolute Gasteiger partial charge is 0.191 e. The maximum Gasteiger partial charge on any atom is 0.191 e. The molecule has 1 aromatic carbocycles. The summed E-state index contributed by atoms with van der Waals surface area (Å²) in [6.07, 6.45) is 4.57. The highest BCUT2D eigenvalue weighted by Gasteiger charge is 2.01. The number of nitrogens with zero attached hydrogens (tertiary/aromatic N) is 1. The molecule has 1 aliphatic heterocycles. The normalized spacial score (nSPS) is 15.1. The Labute approximate surface area is 115 Å². The van der Waals surface area contributed by atoms with Gasteiger partial charge in [-0.1, -0.05) is 12.1 Å². The van der Waals surface area contributed by atoms with Crippen LogP contribution in [-0.4, -0.2) is 32.7 Å². The van der Waals surface area contributed by atoms with Gasteiger partial charge in [0.05, 0.1) is 7.11 Å². The second-order valence-electron chi connectivity index (χ2n) is 4.74. The number of rotatable bonds is 5. The standard InChI is InChI=1S/C15H23N3O/c1-19-14-8-6-13(7-9-14)5-4-12-18-15-16-10-2-3-11-17-15/h6-9H,2-5,10-12H2,1H3,(H2,16,17,18). The maximum absolute atomic E-state index is 5.15. The fourth-order valence-electron chi connectivity index (χ4n) is 2.10. The molecule has 0 amide bonds. The molecular formula is C15H23N3O. The highest BCUT2D eigenvalue weighted by Crippen LogP contribution is 2.12. The average molecular weight is 261 g/mol. The lowest BCUT2D eigenvalue weighted by Gasteiger charge is -2.10. The number of aryl methyl sites for hydroxylation is 1. The topological polar surface area (TPSA) is 45.6 Å². The van der Waals surface area contributed by atoms with E-state index in [0.717, 1.165) is 44.2 Å². The second kappa shape index (κ2) is 7.67. The molecule has 0 atom stereocenters. The van der Waals surface area contributed by atoms with Gasteiger partial charge in [0.1, 0.15) is 5.75 Å². The Morgan fingerprint density at radius 2 is 2.11 bits per heavy atom. The van der Waals surface area contributed by atoms with Crippen molar-refractivity contribution in [3.63, 3.8) is 0 Å². The van der Waals surface area contributed by atoms with Crippen LogP contribution in [0.2, 0.25) is 0 Å². The third-order valence-electron chi connectivity index (χ3n) is 3.24. The van der Waals surface area contributed by atoms with Gasteiger partial charge in [0.15, 0.2) is 5.96 Å². The van der Waals surface area contributed by atoms with Crippen LogP contribution in [0.15, 0.2) is 29.3 Å². The zero-order chi connectivity index (χ0) is 13.3. The fourth-order valence-corrected chi connectivity index (χ4v) is 2.10. The molecule has 19 heavy (non-hydrogen) atoms. The summed E-state index contributed by atoms with van der Waals surface area (Å²) >= 11 is 0. The van der Waals surface area contributed by atoms with E-state index < -0.39 is 0 Å². The van der Waals surface area contributed by atoms with E-state index in [-0.39, 0.29) is 0 Å². The van der Waals surface area contributed by atoms with Gasteiger partial charge in [0.2, 0.25) is 0 Å². The van der Waals surface area contributed by atoms with E-state index in [2.05, 4.69) is 27.8 Å². The van der Waals surface area contributed by atoms with Crippen molar-refractivity contribution < 1.29 is 4.74 Å². The van der Waals surface area contributed by atoms with Crippen LogP contribution in [0.1, 0.15) is 24.8 Å². The number of hydrogen-bond donors (Lipinski definition) is 2. The summed E-state index contributed by atoms with van der Waals surface area (Å²) in [6, 6.07) is 8.28. The van der Waals surface area contributed by atoms with Crippen molar-refractivity contribution in [3.05, 3.63) is 29.8 Å². The second-order valence-corrected chi connectivity index (χ2v) is 4.74. The van der Waals surface area contributed by atoms with Gasteiger partial charge >= 0.3 is 0 Å². The molecule has 4 heteroatoms. The predicted molar refractivity (Wildman–Crippen MR) is 78.9 cm³/mol. The summed E-state index contributed by atoms with van der Waals surface area (Å²) in [6.45, 7) is 2.93. The summed E-state index contributed by atoms with van der Waals surface area (Å²) < 4.78 is 5.15. The first-order chi connectivity index (χ1) is 9.38. The summed E-state index contributed by atoms with van der Waals surface area (Å²) in [7, 11) is 1.69. The Kier molecular flexibility index (Phi) is 5.53. The number of nitrogens with one attached hydrogen (secondary N) is 2. The number of guanidine groups is 1. The maximum atomic E-state index is 5.15. The largest absolute Gasteiger partial charge is 0.497 e. The zero-order valence-electron chi connectivity index (χ0n) is 11.6. The van der Waals surface area contributed by atoms with Crippen LogP contribution in [0.5, 0.6) is 5.75 Å². The van der Waals surface area contributed by atoms with E-state index >= 15 is 0 Å². The van der Waals surface area contributed by atoms with Crippen LogP contribution in [0.25, 0.3) is 0 Å². The molecule has 0 fully saturated rings. The molecule has 0 spiro atoms. The number of benzene rings is 1. The lowest BCUT2D eigenvalue weighted by Crippen LogP contribution is -2.37. The number of ether oxygens (including phenoxy) is 1. The molecule has 0 saturated carbocycles. The van der Waals surface area contributed by atoms with Crippen LogP contribution in [0.3, 0.4) is 0 Å². The number of hydrogen-bond acceptors (Lipinski definition) is 4. The highest BCUT2D eigenvalue weighted by atomic mass is 16.5. The Morgan fingerprint density at radius 1 is 1.26 bits per heavy atom. The molecule has 1 heterocycles. The molecule has 0 aliphatic carbocycles. The predicted octanol–water partition coefficient (Wildman–Crippen LogP) is 1.96. The quantitative estimate of drug-likeness (QED) is 0.796. The van der Waals surface area contributed by atoms with Crippen LogP contribution >= 0.6 is 0 Å². The van der Waals surface area contributed by atoms with Gasteiger partial charge < -0.3 is 15.4 Å². The Bertz CT molecular complexity index is 400. The van der Waals surface area contributed by atoms with Crippen LogP contribution < -0.4 is 15.4 Å². The first kappa shape index (κ1) is 13.7. The van der Waals surface area contributed by atoms with Crippen LogP contribution in [0.4, 0.5) is 0 Å². The number of methoxy groups -OCH3 is 1. The molecule has 0 saturated heterocycles. The van der Waals surface area contributed by atoms with Crippen LogP contribution in [0, 0.1) is 0 Å². The first-order valence-electron chi connectivity index (χ1n) is 7.03. The molecule has 0 aromatic heterocycles. The summed E-state index contributed by atoms with van der Waals surface area (Å²) in [5, 5.41) is 6.69. The molecule has 104 valence electrons. The summed E-state index contributed by atoms with van der Waals surface area (Å²) in [5.41, 5.74) is 1.35. The Balaban J connectivity index is 1.66. The molecule has 0 unspecified atom stereocenters. The lowest BCUT2D eigenvalue weighted by molar-refractivity contribution is 0.414. The summed E-state index contributed by atoms with van der Waals surface area (Å²) in [5.74, 6) is 1.88. The van der Waals surface area contributed by atoms with Crippen molar-refractivity contribution in [2.24, 2.45) is 4.99 Å². The Hall–Kier alpha value is -1.71. The zero-order valence-corrected chi connectivity index (χ0v) is 11.6. The fraction of sp³-hybridized carbons (Fsp3) is 0.533. The van der Waals surface area contributed by atoms with E-state index in [4.69, 9.17) is 4.74 Å². The van der Waals surface area contributed by atoms with Crippen molar-refractivity contribution in [2.75, 3.05) is 26.7 Å². The van der Waals surface area contributed by atoms with Crippen LogP contribution in [-0.2, 0) is 6.42 Å². The molecular weight excluding hydrogens is 238 g/mol.